The van der Waals surface area contributed by atoms with E-state index in [9.17, 15) is 9.59 Å². The molecular formula is C20H26N6O3. The lowest BCUT2D eigenvalue weighted by Crippen LogP contribution is -2.49. The van der Waals surface area contributed by atoms with E-state index in [4.69, 9.17) is 4.74 Å². The van der Waals surface area contributed by atoms with E-state index in [0.717, 1.165) is 12.0 Å². The highest BCUT2D eigenvalue weighted by molar-refractivity contribution is 5.91. The number of ether oxygens (including phenoxy) is 1. The van der Waals surface area contributed by atoms with Crippen LogP contribution in [0, 0.1) is 0 Å². The number of likely N-dealkylation sites (N-methyl/N-ethyl adjacent to an activating group) is 1. The molecule has 9 nitrogen and oxygen atoms in total. The van der Waals surface area contributed by atoms with Crippen LogP contribution in [0.1, 0.15) is 23.0 Å². The SMILES string of the molecule is CCOC(=O)N1CCN(c2cnc(C(=O)N(C)CCc3ccncc3)cn2)CC1. The molecule has 3 rings (SSSR count). The second-order valence-corrected chi connectivity index (χ2v) is 6.77. The minimum atomic E-state index is -0.283. The number of carbonyl (C=O) groups is 2. The second kappa shape index (κ2) is 9.81. The Bertz CT molecular complexity index is 807. The van der Waals surface area contributed by atoms with E-state index in [1.54, 1.807) is 42.4 Å². The summed E-state index contributed by atoms with van der Waals surface area (Å²) in [5, 5.41) is 0. The third-order valence-corrected chi connectivity index (χ3v) is 4.82. The van der Waals surface area contributed by atoms with Crippen LogP contribution in [-0.2, 0) is 11.2 Å². The summed E-state index contributed by atoms with van der Waals surface area (Å²) in [6.07, 6.45) is 7.08. The third-order valence-electron chi connectivity index (χ3n) is 4.82. The lowest BCUT2D eigenvalue weighted by atomic mass is 10.2. The molecule has 2 amide bonds. The second-order valence-electron chi connectivity index (χ2n) is 6.77. The summed E-state index contributed by atoms with van der Waals surface area (Å²) in [7, 11) is 1.76. The first-order valence-corrected chi connectivity index (χ1v) is 9.71. The van der Waals surface area contributed by atoms with Gasteiger partial charge in [-0.2, -0.15) is 0 Å². The van der Waals surface area contributed by atoms with Crippen molar-refractivity contribution in [2.75, 3.05) is 51.3 Å². The first-order chi connectivity index (χ1) is 14.1. The third kappa shape index (κ3) is 5.40. The number of aromatic nitrogens is 3. The number of hydrogen-bond donors (Lipinski definition) is 0. The van der Waals surface area contributed by atoms with Crippen LogP contribution in [0.5, 0.6) is 0 Å². The van der Waals surface area contributed by atoms with Gasteiger partial charge < -0.3 is 19.4 Å². The molecule has 1 aliphatic heterocycles. The zero-order valence-corrected chi connectivity index (χ0v) is 16.8. The first kappa shape index (κ1) is 20.5. The number of carbonyl (C=O) groups excluding carboxylic acids is 2. The van der Waals surface area contributed by atoms with Crippen LogP contribution in [0.4, 0.5) is 10.6 Å². The van der Waals surface area contributed by atoms with Gasteiger partial charge in [-0.1, -0.05) is 0 Å². The predicted molar refractivity (Wildman–Crippen MR) is 108 cm³/mol. The van der Waals surface area contributed by atoms with E-state index < -0.39 is 0 Å². The Morgan fingerprint density at radius 1 is 1.10 bits per heavy atom. The number of piperazine rings is 1. The molecule has 0 aliphatic carbocycles. The van der Waals surface area contributed by atoms with E-state index in [2.05, 4.69) is 15.0 Å². The molecule has 1 fully saturated rings. The van der Waals surface area contributed by atoms with Gasteiger partial charge in [0.25, 0.3) is 5.91 Å². The zero-order valence-electron chi connectivity index (χ0n) is 16.8. The quantitative estimate of drug-likeness (QED) is 0.727. The van der Waals surface area contributed by atoms with E-state index in [1.807, 2.05) is 17.0 Å². The van der Waals surface area contributed by atoms with Gasteiger partial charge in [-0.15, -0.1) is 0 Å². The summed E-state index contributed by atoms with van der Waals surface area (Å²) >= 11 is 0. The van der Waals surface area contributed by atoms with Crippen molar-refractivity contribution in [1.29, 1.82) is 0 Å². The molecular weight excluding hydrogens is 372 g/mol. The molecule has 2 aromatic heterocycles. The molecule has 0 saturated carbocycles. The van der Waals surface area contributed by atoms with Gasteiger partial charge in [-0.25, -0.2) is 14.8 Å². The Hall–Kier alpha value is -3.23. The molecule has 9 heteroatoms. The van der Waals surface area contributed by atoms with E-state index in [-0.39, 0.29) is 12.0 Å². The van der Waals surface area contributed by atoms with Gasteiger partial charge in [-0.3, -0.25) is 9.78 Å². The van der Waals surface area contributed by atoms with Gasteiger partial charge in [0.15, 0.2) is 0 Å². The highest BCUT2D eigenvalue weighted by Gasteiger charge is 2.23. The minimum Gasteiger partial charge on any atom is -0.450 e. The molecule has 0 radical (unpaired) electrons. The number of amides is 2. The van der Waals surface area contributed by atoms with Gasteiger partial charge in [0, 0.05) is 52.2 Å². The Balaban J connectivity index is 1.52. The van der Waals surface area contributed by atoms with Gasteiger partial charge in [0.05, 0.1) is 19.0 Å². The summed E-state index contributed by atoms with van der Waals surface area (Å²) < 4.78 is 5.03. The van der Waals surface area contributed by atoms with Crippen molar-refractivity contribution < 1.29 is 14.3 Å². The molecule has 2 aromatic rings. The maximum Gasteiger partial charge on any atom is 0.409 e. The van der Waals surface area contributed by atoms with Crippen LogP contribution in [0.3, 0.4) is 0 Å². The van der Waals surface area contributed by atoms with Crippen molar-refractivity contribution in [3.63, 3.8) is 0 Å². The fourth-order valence-electron chi connectivity index (χ4n) is 3.07. The van der Waals surface area contributed by atoms with E-state index >= 15 is 0 Å². The van der Waals surface area contributed by atoms with Crippen LogP contribution in [0.15, 0.2) is 36.9 Å². The monoisotopic (exact) mass is 398 g/mol. The fraction of sp³-hybridized carbons (Fsp3) is 0.450. The van der Waals surface area contributed by atoms with Crippen molar-refractivity contribution in [2.24, 2.45) is 0 Å². The Kier molecular flexibility index (Phi) is 6.94. The Morgan fingerprint density at radius 2 is 1.83 bits per heavy atom. The topological polar surface area (TPSA) is 91.8 Å². The maximum atomic E-state index is 12.6. The van der Waals surface area contributed by atoms with Crippen LogP contribution in [-0.4, -0.2) is 83.1 Å². The Morgan fingerprint density at radius 3 is 2.45 bits per heavy atom. The number of hydrogen-bond acceptors (Lipinski definition) is 7. The predicted octanol–water partition coefficient (Wildman–Crippen LogP) is 1.46. The average molecular weight is 398 g/mol. The molecule has 1 aliphatic rings. The summed E-state index contributed by atoms with van der Waals surface area (Å²) in [6, 6.07) is 3.88. The standard InChI is InChI=1S/C20H26N6O3/c1-3-29-20(28)26-12-10-25(11-13-26)18-15-22-17(14-23-18)19(27)24(2)9-6-16-4-7-21-8-5-16/h4-5,7-8,14-15H,3,6,9-13H2,1-2H3. The Labute approximate surface area is 170 Å². The molecule has 0 spiro atoms. The number of nitrogens with zero attached hydrogens (tertiary/aromatic N) is 6. The van der Waals surface area contributed by atoms with Crippen LogP contribution < -0.4 is 4.90 Å². The fourth-order valence-corrected chi connectivity index (χ4v) is 3.07. The zero-order chi connectivity index (χ0) is 20.6. The molecule has 0 atom stereocenters. The lowest BCUT2D eigenvalue weighted by molar-refractivity contribution is 0.0790. The molecule has 1 saturated heterocycles. The maximum absolute atomic E-state index is 12.6. The molecule has 0 unspecified atom stereocenters. The number of rotatable bonds is 6. The summed E-state index contributed by atoms with van der Waals surface area (Å²) in [4.78, 5) is 42.4. The molecule has 29 heavy (non-hydrogen) atoms. The molecule has 0 aromatic carbocycles. The van der Waals surface area contributed by atoms with Gasteiger partial charge in [-0.05, 0) is 31.0 Å². The van der Waals surface area contributed by atoms with Crippen molar-refractivity contribution >= 4 is 17.8 Å². The van der Waals surface area contributed by atoms with Crippen LogP contribution >= 0.6 is 0 Å². The minimum absolute atomic E-state index is 0.162. The molecule has 3 heterocycles. The van der Waals surface area contributed by atoms with Gasteiger partial charge in [0.2, 0.25) is 0 Å². The smallest absolute Gasteiger partial charge is 0.409 e. The normalized spacial score (nSPS) is 13.9. The largest absolute Gasteiger partial charge is 0.450 e. The number of pyridine rings is 1. The summed E-state index contributed by atoms with van der Waals surface area (Å²) in [5.74, 6) is 0.537. The summed E-state index contributed by atoms with van der Waals surface area (Å²) in [5.41, 5.74) is 1.44. The molecule has 0 N–H and O–H groups in total. The lowest BCUT2D eigenvalue weighted by Gasteiger charge is -2.34. The highest BCUT2D eigenvalue weighted by Crippen LogP contribution is 2.14. The van der Waals surface area contributed by atoms with E-state index in [1.165, 1.54) is 6.20 Å². The number of anilines is 1. The summed E-state index contributed by atoms with van der Waals surface area (Å²) in [6.45, 7) is 5.18. The van der Waals surface area contributed by atoms with Gasteiger partial charge in [0.1, 0.15) is 11.5 Å². The van der Waals surface area contributed by atoms with Gasteiger partial charge >= 0.3 is 6.09 Å². The first-order valence-electron chi connectivity index (χ1n) is 9.71. The average Bonchev–Trinajstić information content (AvgIpc) is 2.78. The van der Waals surface area contributed by atoms with Crippen molar-refractivity contribution in [2.45, 2.75) is 13.3 Å². The van der Waals surface area contributed by atoms with Crippen molar-refractivity contribution in [1.82, 2.24) is 24.8 Å². The van der Waals surface area contributed by atoms with Crippen molar-refractivity contribution in [3.8, 4) is 0 Å². The molecule has 154 valence electrons. The molecule has 0 bridgehead atoms. The van der Waals surface area contributed by atoms with Crippen LogP contribution in [0.2, 0.25) is 0 Å². The highest BCUT2D eigenvalue weighted by atomic mass is 16.6. The van der Waals surface area contributed by atoms with Crippen LogP contribution in [0.25, 0.3) is 0 Å². The van der Waals surface area contributed by atoms with E-state index in [0.29, 0.717) is 50.8 Å². The van der Waals surface area contributed by atoms with Crippen molar-refractivity contribution in [3.05, 3.63) is 48.2 Å².